The molecule has 0 saturated heterocycles. The van der Waals surface area contributed by atoms with Crippen LogP contribution < -0.4 is 20.7 Å². The molecule has 2 amide bonds. The fourth-order valence-electron chi connectivity index (χ4n) is 2.52. The van der Waals surface area contributed by atoms with E-state index in [1.807, 2.05) is 30.3 Å². The van der Waals surface area contributed by atoms with E-state index in [1.165, 1.54) is 12.1 Å². The minimum absolute atomic E-state index is 0.0632. The Morgan fingerprint density at radius 2 is 1.66 bits per heavy atom. The fourth-order valence-corrected chi connectivity index (χ4v) is 2.52. The van der Waals surface area contributed by atoms with Gasteiger partial charge in [-0.05, 0) is 35.7 Å². The van der Waals surface area contributed by atoms with Crippen LogP contribution in [0.15, 0.2) is 54.6 Å². The van der Waals surface area contributed by atoms with Crippen molar-refractivity contribution in [3.8, 4) is 5.75 Å². The van der Waals surface area contributed by atoms with Crippen molar-refractivity contribution in [3.05, 3.63) is 60.2 Å². The molecule has 2 aromatic rings. The summed E-state index contributed by atoms with van der Waals surface area (Å²) in [4.78, 5) is 12.1. The third-order valence-electron chi connectivity index (χ3n) is 4.19. The summed E-state index contributed by atoms with van der Waals surface area (Å²) in [6, 6.07) is 15.6. The number of alkyl halides is 3. The lowest BCUT2D eigenvalue weighted by atomic mass is 10.0. The number of hydrogen-bond acceptors (Lipinski definition) is 3. The molecule has 1 unspecified atom stereocenters. The number of rotatable bonds is 9. The van der Waals surface area contributed by atoms with Gasteiger partial charge in [0.05, 0.1) is 0 Å². The maximum absolute atomic E-state index is 12.1. The summed E-state index contributed by atoms with van der Waals surface area (Å²) in [5, 5.41) is 8.97. The molecule has 158 valence electrons. The van der Waals surface area contributed by atoms with E-state index >= 15 is 0 Å². The number of nitrogens with one attached hydrogen (secondary N) is 3. The quantitative estimate of drug-likeness (QED) is 0.569. The molecule has 0 aliphatic rings. The van der Waals surface area contributed by atoms with Gasteiger partial charge in [0.1, 0.15) is 5.75 Å². The monoisotopic (exact) mass is 409 g/mol. The number of carbonyl (C=O) groups excluding carboxylic acids is 1. The van der Waals surface area contributed by atoms with Gasteiger partial charge in [-0.15, -0.1) is 0 Å². The number of para-hydroxylation sites is 1. The highest BCUT2D eigenvalue weighted by Crippen LogP contribution is 2.18. The molecule has 5 nitrogen and oxygen atoms in total. The van der Waals surface area contributed by atoms with Gasteiger partial charge in [0.2, 0.25) is 0 Å². The number of amides is 2. The average molecular weight is 409 g/mol. The Labute approximate surface area is 168 Å². The molecule has 0 fully saturated rings. The van der Waals surface area contributed by atoms with Gasteiger partial charge in [0.25, 0.3) is 0 Å². The van der Waals surface area contributed by atoms with E-state index in [0.29, 0.717) is 12.5 Å². The molecule has 2 rings (SSSR count). The standard InChI is InChI=1S/C21H26F3N3O2/c1-15(2)19(27-17-6-4-3-5-7-17)13-26-20(28)25-12-16-8-10-18(11-9-16)29-14-21(22,23)24/h3-11,15,19,27H,12-14H2,1-2H3,(H2,25,26,28). The topological polar surface area (TPSA) is 62.4 Å². The molecule has 0 aliphatic heterocycles. The smallest absolute Gasteiger partial charge is 0.422 e. The summed E-state index contributed by atoms with van der Waals surface area (Å²) in [7, 11) is 0. The van der Waals surface area contributed by atoms with Crippen molar-refractivity contribution >= 4 is 11.7 Å². The second kappa shape index (κ2) is 10.6. The second-order valence-electron chi connectivity index (χ2n) is 6.97. The first kappa shape index (κ1) is 22.4. The van der Waals surface area contributed by atoms with E-state index in [1.54, 1.807) is 12.1 Å². The maximum Gasteiger partial charge on any atom is 0.422 e. The van der Waals surface area contributed by atoms with E-state index in [4.69, 9.17) is 0 Å². The van der Waals surface area contributed by atoms with Crippen LogP contribution in [0.3, 0.4) is 0 Å². The molecule has 3 N–H and O–H groups in total. The largest absolute Gasteiger partial charge is 0.484 e. The lowest BCUT2D eigenvalue weighted by molar-refractivity contribution is -0.153. The zero-order valence-electron chi connectivity index (χ0n) is 16.4. The molecule has 0 saturated carbocycles. The zero-order valence-corrected chi connectivity index (χ0v) is 16.4. The lowest BCUT2D eigenvalue weighted by Crippen LogP contribution is -2.43. The van der Waals surface area contributed by atoms with Crippen molar-refractivity contribution in [1.82, 2.24) is 10.6 Å². The summed E-state index contributed by atoms with van der Waals surface area (Å²) in [6.07, 6.45) is -4.37. The number of carbonyl (C=O) groups is 1. The van der Waals surface area contributed by atoms with Gasteiger partial charge in [-0.1, -0.05) is 44.2 Å². The van der Waals surface area contributed by atoms with E-state index in [2.05, 4.69) is 34.5 Å². The fraction of sp³-hybridized carbons (Fsp3) is 0.381. The van der Waals surface area contributed by atoms with E-state index < -0.39 is 12.8 Å². The van der Waals surface area contributed by atoms with Gasteiger partial charge in [0.15, 0.2) is 6.61 Å². The third-order valence-corrected chi connectivity index (χ3v) is 4.19. The van der Waals surface area contributed by atoms with Crippen molar-refractivity contribution in [2.75, 3.05) is 18.5 Å². The summed E-state index contributed by atoms with van der Waals surface area (Å²) in [5.74, 6) is 0.432. The van der Waals surface area contributed by atoms with Crippen LogP contribution in [0, 0.1) is 5.92 Å². The predicted octanol–water partition coefficient (Wildman–Crippen LogP) is 4.56. The van der Waals surface area contributed by atoms with Crippen LogP contribution in [0.1, 0.15) is 19.4 Å². The number of ether oxygens (including phenoxy) is 1. The number of urea groups is 1. The molecular formula is C21H26F3N3O2. The first-order valence-electron chi connectivity index (χ1n) is 9.35. The second-order valence-corrected chi connectivity index (χ2v) is 6.97. The first-order valence-corrected chi connectivity index (χ1v) is 9.35. The van der Waals surface area contributed by atoms with Crippen molar-refractivity contribution in [3.63, 3.8) is 0 Å². The van der Waals surface area contributed by atoms with E-state index in [0.717, 1.165) is 11.3 Å². The first-order chi connectivity index (χ1) is 13.7. The molecule has 0 radical (unpaired) electrons. The summed E-state index contributed by atoms with van der Waals surface area (Å²) < 4.78 is 41.1. The Bertz CT molecular complexity index is 750. The van der Waals surface area contributed by atoms with Gasteiger partial charge in [-0.3, -0.25) is 0 Å². The van der Waals surface area contributed by atoms with Gasteiger partial charge in [-0.2, -0.15) is 13.2 Å². The van der Waals surface area contributed by atoms with Crippen LogP contribution in [0.5, 0.6) is 5.75 Å². The van der Waals surface area contributed by atoms with Crippen LogP contribution in [0.25, 0.3) is 0 Å². The van der Waals surface area contributed by atoms with E-state index in [9.17, 15) is 18.0 Å². The summed E-state index contributed by atoms with van der Waals surface area (Å²) >= 11 is 0. The Morgan fingerprint density at radius 3 is 2.24 bits per heavy atom. The average Bonchev–Trinajstić information content (AvgIpc) is 2.68. The Hall–Kier alpha value is -2.90. The SMILES string of the molecule is CC(C)C(CNC(=O)NCc1ccc(OCC(F)(F)F)cc1)Nc1ccccc1. The van der Waals surface area contributed by atoms with Gasteiger partial charge in [0, 0.05) is 24.8 Å². The molecule has 29 heavy (non-hydrogen) atoms. The van der Waals surface area contributed by atoms with Crippen LogP contribution in [0.4, 0.5) is 23.7 Å². The summed E-state index contributed by atoms with van der Waals surface area (Å²) in [5.41, 5.74) is 1.74. The van der Waals surface area contributed by atoms with Gasteiger partial charge < -0.3 is 20.7 Å². The van der Waals surface area contributed by atoms with Crippen LogP contribution in [-0.4, -0.2) is 31.4 Å². The Morgan fingerprint density at radius 1 is 1.00 bits per heavy atom. The Kier molecular flexibility index (Phi) is 8.18. The number of benzene rings is 2. The van der Waals surface area contributed by atoms with E-state index in [-0.39, 0.29) is 24.4 Å². The number of halogens is 3. The highest BCUT2D eigenvalue weighted by molar-refractivity contribution is 5.73. The molecule has 8 heteroatoms. The molecule has 2 aromatic carbocycles. The molecule has 0 aromatic heterocycles. The highest BCUT2D eigenvalue weighted by Gasteiger charge is 2.28. The maximum atomic E-state index is 12.1. The Balaban J connectivity index is 1.75. The van der Waals surface area contributed by atoms with Crippen molar-refractivity contribution in [2.24, 2.45) is 5.92 Å². The van der Waals surface area contributed by atoms with Gasteiger partial charge in [-0.25, -0.2) is 4.79 Å². The van der Waals surface area contributed by atoms with Crippen molar-refractivity contribution < 1.29 is 22.7 Å². The molecule has 0 bridgehead atoms. The van der Waals surface area contributed by atoms with Crippen molar-refractivity contribution in [1.29, 1.82) is 0 Å². The van der Waals surface area contributed by atoms with Crippen LogP contribution >= 0.6 is 0 Å². The highest BCUT2D eigenvalue weighted by atomic mass is 19.4. The normalized spacial score (nSPS) is 12.3. The lowest BCUT2D eigenvalue weighted by Gasteiger charge is -2.24. The summed E-state index contributed by atoms with van der Waals surface area (Å²) in [6.45, 7) is 3.51. The van der Waals surface area contributed by atoms with Crippen LogP contribution in [-0.2, 0) is 6.54 Å². The molecule has 0 aliphatic carbocycles. The number of hydrogen-bond donors (Lipinski definition) is 3. The zero-order chi connectivity index (χ0) is 21.3. The predicted molar refractivity (Wildman–Crippen MR) is 107 cm³/mol. The number of anilines is 1. The molecule has 1 atom stereocenters. The van der Waals surface area contributed by atoms with Crippen LogP contribution in [0.2, 0.25) is 0 Å². The molecular weight excluding hydrogens is 383 g/mol. The molecule has 0 heterocycles. The van der Waals surface area contributed by atoms with Crippen molar-refractivity contribution in [2.45, 2.75) is 32.6 Å². The minimum atomic E-state index is -4.37. The minimum Gasteiger partial charge on any atom is -0.484 e. The third kappa shape index (κ3) is 8.76. The molecule has 0 spiro atoms. The van der Waals surface area contributed by atoms with Gasteiger partial charge >= 0.3 is 12.2 Å².